The molecule has 1 aliphatic rings. The third-order valence-corrected chi connectivity index (χ3v) is 4.25. The van der Waals surface area contributed by atoms with Gasteiger partial charge in [-0.05, 0) is 38.0 Å². The molecule has 0 spiro atoms. The summed E-state index contributed by atoms with van der Waals surface area (Å²) in [5, 5.41) is 12.0. The number of hydrogen-bond donors (Lipinski definition) is 2. The lowest BCUT2D eigenvalue weighted by molar-refractivity contribution is -0.147. The van der Waals surface area contributed by atoms with Crippen LogP contribution >= 0.6 is 0 Å². The number of likely N-dealkylation sites (tertiary alicyclic amines) is 1. The molecule has 0 aromatic heterocycles. The predicted octanol–water partition coefficient (Wildman–Crippen LogP) is 2.10. The van der Waals surface area contributed by atoms with Gasteiger partial charge >= 0.3 is 12.0 Å². The number of ether oxygens (including phenoxy) is 2. The zero-order valence-electron chi connectivity index (χ0n) is 14.3. The largest absolute Gasteiger partial charge is 0.493 e. The number of methoxy groups -OCH3 is 1. The van der Waals surface area contributed by atoms with Crippen LogP contribution in [0.3, 0.4) is 0 Å². The second-order valence-electron chi connectivity index (χ2n) is 6.11. The van der Waals surface area contributed by atoms with E-state index in [1.54, 1.807) is 25.0 Å². The third kappa shape index (κ3) is 3.90. The highest BCUT2D eigenvalue weighted by Crippen LogP contribution is 2.30. The first-order valence-electron chi connectivity index (χ1n) is 7.95. The summed E-state index contributed by atoms with van der Waals surface area (Å²) in [5.74, 6) is 0.407. The fraction of sp³-hybridized carbons (Fsp3) is 0.529. The Hall–Kier alpha value is -2.44. The Morgan fingerprint density at radius 2 is 2.12 bits per heavy atom. The monoisotopic (exact) mass is 336 g/mol. The molecular formula is C17H24N2O5. The van der Waals surface area contributed by atoms with Crippen LogP contribution in [0.5, 0.6) is 11.5 Å². The van der Waals surface area contributed by atoms with Crippen molar-refractivity contribution in [1.82, 2.24) is 10.2 Å². The fourth-order valence-electron chi connectivity index (χ4n) is 2.70. The maximum atomic E-state index is 12.2. The van der Waals surface area contributed by atoms with Crippen LogP contribution in [-0.4, -0.2) is 48.8 Å². The van der Waals surface area contributed by atoms with Crippen molar-refractivity contribution in [3.8, 4) is 11.5 Å². The second kappa shape index (κ2) is 7.42. The third-order valence-electron chi connectivity index (χ3n) is 4.25. The molecule has 2 rings (SSSR count). The van der Waals surface area contributed by atoms with Crippen LogP contribution in [0.15, 0.2) is 18.2 Å². The number of nitrogens with one attached hydrogen (secondary N) is 1. The van der Waals surface area contributed by atoms with E-state index >= 15 is 0 Å². The topological polar surface area (TPSA) is 88.1 Å². The highest BCUT2D eigenvalue weighted by molar-refractivity contribution is 5.79. The van der Waals surface area contributed by atoms with Crippen LogP contribution in [0.4, 0.5) is 4.79 Å². The average molecular weight is 336 g/mol. The van der Waals surface area contributed by atoms with Gasteiger partial charge in [-0.3, -0.25) is 4.79 Å². The van der Waals surface area contributed by atoms with Gasteiger partial charge in [0.05, 0.1) is 19.1 Å². The average Bonchev–Trinajstić information content (AvgIpc) is 2.98. The van der Waals surface area contributed by atoms with Crippen LogP contribution in [0.1, 0.15) is 25.8 Å². The molecule has 1 heterocycles. The smallest absolute Gasteiger partial charge is 0.317 e. The minimum absolute atomic E-state index is 0.223. The maximum absolute atomic E-state index is 12.2. The number of nitrogens with zero attached hydrogens (tertiary/aromatic N) is 1. The summed E-state index contributed by atoms with van der Waals surface area (Å²) in [6, 6.07) is 5.23. The van der Waals surface area contributed by atoms with Crippen LogP contribution in [0.2, 0.25) is 0 Å². The number of amides is 2. The Bertz CT molecular complexity index is 619. The lowest BCUT2D eigenvalue weighted by atomic mass is 9.90. The van der Waals surface area contributed by atoms with Crippen molar-refractivity contribution < 1.29 is 24.2 Å². The number of aliphatic carboxylic acids is 1. The van der Waals surface area contributed by atoms with Crippen molar-refractivity contribution in [3.05, 3.63) is 23.8 Å². The zero-order chi connectivity index (χ0) is 17.7. The number of carboxylic acids is 1. The van der Waals surface area contributed by atoms with Gasteiger partial charge in [-0.15, -0.1) is 0 Å². The molecule has 1 aliphatic heterocycles. The Balaban J connectivity index is 1.94. The summed E-state index contributed by atoms with van der Waals surface area (Å²) >= 11 is 0. The van der Waals surface area contributed by atoms with Crippen molar-refractivity contribution in [2.45, 2.75) is 26.8 Å². The molecule has 1 atom stereocenters. The minimum atomic E-state index is -0.867. The van der Waals surface area contributed by atoms with Gasteiger partial charge in [0.15, 0.2) is 11.5 Å². The number of carbonyl (C=O) groups is 2. The molecule has 1 unspecified atom stereocenters. The summed E-state index contributed by atoms with van der Waals surface area (Å²) in [6.07, 6.45) is 0.465. The molecular weight excluding hydrogens is 312 g/mol. The van der Waals surface area contributed by atoms with Gasteiger partial charge in [-0.1, -0.05) is 6.07 Å². The van der Waals surface area contributed by atoms with Gasteiger partial charge in [0, 0.05) is 19.6 Å². The fourth-order valence-corrected chi connectivity index (χ4v) is 2.70. The molecule has 0 aliphatic carbocycles. The van der Waals surface area contributed by atoms with Crippen molar-refractivity contribution in [1.29, 1.82) is 0 Å². The van der Waals surface area contributed by atoms with E-state index in [-0.39, 0.29) is 12.6 Å². The van der Waals surface area contributed by atoms with Gasteiger partial charge in [0.1, 0.15) is 0 Å². The second-order valence-corrected chi connectivity index (χ2v) is 6.11. The van der Waals surface area contributed by atoms with Gasteiger partial charge in [0.2, 0.25) is 0 Å². The van der Waals surface area contributed by atoms with Crippen LogP contribution in [0.25, 0.3) is 0 Å². The van der Waals surface area contributed by atoms with E-state index in [0.717, 1.165) is 5.56 Å². The summed E-state index contributed by atoms with van der Waals surface area (Å²) in [7, 11) is 1.57. The summed E-state index contributed by atoms with van der Waals surface area (Å²) in [5.41, 5.74) is 0.0172. The van der Waals surface area contributed by atoms with Crippen molar-refractivity contribution in [2.75, 3.05) is 26.8 Å². The molecule has 0 saturated carbocycles. The molecule has 0 bridgehead atoms. The zero-order valence-corrected chi connectivity index (χ0v) is 14.3. The molecule has 24 heavy (non-hydrogen) atoms. The first-order valence-corrected chi connectivity index (χ1v) is 7.95. The lowest BCUT2D eigenvalue weighted by Crippen LogP contribution is -2.40. The lowest BCUT2D eigenvalue weighted by Gasteiger charge is -2.20. The molecule has 132 valence electrons. The summed E-state index contributed by atoms with van der Waals surface area (Å²) in [4.78, 5) is 25.0. The van der Waals surface area contributed by atoms with E-state index in [1.165, 1.54) is 0 Å². The quantitative estimate of drug-likeness (QED) is 0.830. The van der Waals surface area contributed by atoms with E-state index in [1.807, 2.05) is 19.1 Å². The Labute approximate surface area is 141 Å². The molecule has 2 N–H and O–H groups in total. The van der Waals surface area contributed by atoms with Crippen LogP contribution < -0.4 is 14.8 Å². The number of carbonyl (C=O) groups excluding carboxylic acids is 1. The predicted molar refractivity (Wildman–Crippen MR) is 88.3 cm³/mol. The van der Waals surface area contributed by atoms with E-state index in [2.05, 4.69) is 5.32 Å². The Morgan fingerprint density at radius 3 is 2.71 bits per heavy atom. The summed E-state index contributed by atoms with van der Waals surface area (Å²) in [6.45, 7) is 5.11. The first kappa shape index (κ1) is 17.9. The number of hydrogen-bond acceptors (Lipinski definition) is 4. The van der Waals surface area contributed by atoms with E-state index < -0.39 is 11.4 Å². The highest BCUT2D eigenvalue weighted by Gasteiger charge is 2.42. The van der Waals surface area contributed by atoms with Crippen molar-refractivity contribution in [3.63, 3.8) is 0 Å². The van der Waals surface area contributed by atoms with Gasteiger partial charge in [-0.2, -0.15) is 0 Å². The molecule has 1 saturated heterocycles. The van der Waals surface area contributed by atoms with Crippen molar-refractivity contribution >= 4 is 12.0 Å². The number of carboxylic acid groups (broad SMARTS) is 1. The van der Waals surface area contributed by atoms with Crippen LogP contribution in [-0.2, 0) is 11.3 Å². The van der Waals surface area contributed by atoms with Crippen LogP contribution in [0, 0.1) is 5.41 Å². The molecule has 0 radical (unpaired) electrons. The van der Waals surface area contributed by atoms with E-state index in [4.69, 9.17) is 9.47 Å². The summed E-state index contributed by atoms with van der Waals surface area (Å²) < 4.78 is 10.7. The Morgan fingerprint density at radius 1 is 1.38 bits per heavy atom. The number of benzene rings is 1. The molecule has 1 fully saturated rings. The first-order chi connectivity index (χ1) is 11.4. The standard InChI is InChI=1S/C17H24N2O5/c1-4-24-13-6-5-12(9-14(13)23-3)10-18-16(22)19-8-7-17(2,11-19)15(20)21/h5-6,9H,4,7-8,10-11H2,1-3H3,(H,18,22)(H,20,21). The van der Waals surface area contributed by atoms with E-state index in [0.29, 0.717) is 37.6 Å². The highest BCUT2D eigenvalue weighted by atomic mass is 16.5. The minimum Gasteiger partial charge on any atom is -0.493 e. The van der Waals surface area contributed by atoms with Crippen molar-refractivity contribution in [2.24, 2.45) is 5.41 Å². The molecule has 7 nitrogen and oxygen atoms in total. The molecule has 7 heteroatoms. The molecule has 2 amide bonds. The Kier molecular flexibility index (Phi) is 5.54. The van der Waals surface area contributed by atoms with Gasteiger partial charge < -0.3 is 24.8 Å². The maximum Gasteiger partial charge on any atom is 0.317 e. The SMILES string of the molecule is CCOc1ccc(CNC(=O)N2CCC(C)(C(=O)O)C2)cc1OC. The molecule has 1 aromatic rings. The van der Waals surface area contributed by atoms with Gasteiger partial charge in [-0.25, -0.2) is 4.79 Å². The molecule has 1 aromatic carbocycles. The van der Waals surface area contributed by atoms with E-state index in [9.17, 15) is 14.7 Å². The normalized spacial score (nSPS) is 19.9. The number of urea groups is 1. The van der Waals surface area contributed by atoms with Gasteiger partial charge in [0.25, 0.3) is 0 Å². The number of rotatable bonds is 6.